The van der Waals surface area contributed by atoms with Crippen LogP contribution in [0.15, 0.2) is 30.3 Å². The maximum absolute atomic E-state index is 14.6. The van der Waals surface area contributed by atoms with E-state index in [1.807, 2.05) is 18.7 Å². The molecule has 1 aromatic carbocycles. The number of nitro groups is 1. The van der Waals surface area contributed by atoms with Gasteiger partial charge in [-0.15, -0.1) is 0 Å². The van der Waals surface area contributed by atoms with Crippen LogP contribution in [0.2, 0.25) is 0 Å². The average molecular weight is 388 g/mol. The predicted octanol–water partition coefficient (Wildman–Crippen LogP) is 3.13. The van der Waals surface area contributed by atoms with Gasteiger partial charge in [-0.1, -0.05) is 0 Å². The Morgan fingerprint density at radius 2 is 1.96 bits per heavy atom. The summed E-state index contributed by atoms with van der Waals surface area (Å²) in [7, 11) is 0. The molecule has 1 saturated heterocycles. The van der Waals surface area contributed by atoms with Crippen LogP contribution in [0.4, 0.5) is 33.1 Å². The van der Waals surface area contributed by atoms with E-state index in [0.717, 1.165) is 26.2 Å². The van der Waals surface area contributed by atoms with Gasteiger partial charge in [0, 0.05) is 51.0 Å². The van der Waals surface area contributed by atoms with Gasteiger partial charge in [0.2, 0.25) is 5.82 Å². The van der Waals surface area contributed by atoms with Gasteiger partial charge in [-0.2, -0.15) is 0 Å². The van der Waals surface area contributed by atoms with E-state index >= 15 is 0 Å². The van der Waals surface area contributed by atoms with Gasteiger partial charge in [-0.25, -0.2) is 9.37 Å². The number of halogens is 1. The zero-order valence-corrected chi connectivity index (χ0v) is 16.1. The number of hydrogen-bond acceptors (Lipinski definition) is 7. The SMILES string of the molecule is CCN(CC)c1ccc(Nc2nc(N3CCNCC3)ccc2[N+](=O)[O-])cc1F. The first-order valence-electron chi connectivity index (χ1n) is 9.46. The monoisotopic (exact) mass is 388 g/mol. The van der Waals surface area contributed by atoms with Crippen molar-refractivity contribution in [2.45, 2.75) is 13.8 Å². The van der Waals surface area contributed by atoms with Gasteiger partial charge in [0.05, 0.1) is 10.6 Å². The number of pyridine rings is 1. The Bertz CT molecular complexity index is 837. The van der Waals surface area contributed by atoms with Gasteiger partial charge in [-0.05, 0) is 38.1 Å². The zero-order chi connectivity index (χ0) is 20.1. The highest BCUT2D eigenvalue weighted by atomic mass is 19.1. The molecule has 0 saturated carbocycles. The topological polar surface area (TPSA) is 86.6 Å². The Labute approximate surface area is 163 Å². The normalized spacial score (nSPS) is 14.0. The molecule has 3 rings (SSSR count). The summed E-state index contributed by atoms with van der Waals surface area (Å²) in [5.41, 5.74) is 0.779. The molecule has 0 amide bonds. The molecule has 8 nitrogen and oxygen atoms in total. The van der Waals surface area contributed by atoms with Gasteiger partial charge >= 0.3 is 5.69 Å². The van der Waals surface area contributed by atoms with E-state index < -0.39 is 4.92 Å². The van der Waals surface area contributed by atoms with Crippen molar-refractivity contribution in [3.63, 3.8) is 0 Å². The van der Waals surface area contributed by atoms with Crippen molar-refractivity contribution in [2.75, 3.05) is 54.4 Å². The highest BCUT2D eigenvalue weighted by Crippen LogP contribution is 2.30. The number of benzene rings is 1. The van der Waals surface area contributed by atoms with Crippen LogP contribution in [0.25, 0.3) is 0 Å². The fourth-order valence-corrected chi connectivity index (χ4v) is 3.29. The molecule has 2 aromatic rings. The average Bonchev–Trinajstić information content (AvgIpc) is 2.71. The summed E-state index contributed by atoms with van der Waals surface area (Å²) < 4.78 is 14.6. The predicted molar refractivity (Wildman–Crippen MR) is 109 cm³/mol. The standard InChI is InChI=1S/C19H25FN6O2/c1-3-24(4-2)16-6-5-14(13-15(16)20)22-19-17(26(27)28)7-8-18(23-19)25-11-9-21-10-12-25/h5-8,13,21H,3-4,9-12H2,1-2H3,(H,22,23). The first kappa shape index (κ1) is 19.8. The third kappa shape index (κ3) is 4.30. The molecule has 0 atom stereocenters. The molecule has 1 aliphatic heterocycles. The molecule has 0 spiro atoms. The summed E-state index contributed by atoms with van der Waals surface area (Å²) in [6, 6.07) is 7.82. The highest BCUT2D eigenvalue weighted by Gasteiger charge is 2.20. The molecule has 1 fully saturated rings. The van der Waals surface area contributed by atoms with Crippen molar-refractivity contribution in [1.29, 1.82) is 0 Å². The quantitative estimate of drug-likeness (QED) is 0.557. The summed E-state index contributed by atoms with van der Waals surface area (Å²) in [6.45, 7) is 8.53. The molecule has 0 radical (unpaired) electrons. The maximum Gasteiger partial charge on any atom is 0.311 e. The molecular formula is C19H25FN6O2. The van der Waals surface area contributed by atoms with Crippen LogP contribution in [-0.4, -0.2) is 49.2 Å². The van der Waals surface area contributed by atoms with Crippen molar-refractivity contribution < 1.29 is 9.31 Å². The summed E-state index contributed by atoms with van der Waals surface area (Å²) in [5.74, 6) is 0.389. The Morgan fingerprint density at radius 3 is 2.57 bits per heavy atom. The number of nitrogens with zero attached hydrogens (tertiary/aromatic N) is 4. The van der Waals surface area contributed by atoms with Gasteiger partial charge < -0.3 is 20.4 Å². The number of nitrogens with one attached hydrogen (secondary N) is 2. The molecule has 1 aliphatic rings. The molecule has 28 heavy (non-hydrogen) atoms. The molecular weight excluding hydrogens is 363 g/mol. The number of rotatable bonds is 7. The Hall–Kier alpha value is -2.94. The number of piperazine rings is 1. The summed E-state index contributed by atoms with van der Waals surface area (Å²) in [6.07, 6.45) is 0. The smallest absolute Gasteiger partial charge is 0.311 e. The van der Waals surface area contributed by atoms with Crippen molar-refractivity contribution in [3.05, 3.63) is 46.3 Å². The second-order valence-electron chi connectivity index (χ2n) is 6.49. The van der Waals surface area contributed by atoms with Crippen LogP contribution in [0.3, 0.4) is 0 Å². The van der Waals surface area contributed by atoms with Crippen LogP contribution in [0.1, 0.15) is 13.8 Å². The Kier molecular flexibility index (Phi) is 6.25. The van der Waals surface area contributed by atoms with E-state index in [0.29, 0.717) is 30.3 Å². The van der Waals surface area contributed by atoms with Crippen molar-refractivity contribution in [1.82, 2.24) is 10.3 Å². The van der Waals surface area contributed by atoms with E-state index in [1.54, 1.807) is 18.2 Å². The van der Waals surface area contributed by atoms with Crippen LogP contribution >= 0.6 is 0 Å². The molecule has 150 valence electrons. The fourth-order valence-electron chi connectivity index (χ4n) is 3.29. The molecule has 2 heterocycles. The van der Waals surface area contributed by atoms with E-state index in [9.17, 15) is 14.5 Å². The Morgan fingerprint density at radius 1 is 1.25 bits per heavy atom. The molecule has 1 aromatic heterocycles. The molecule has 0 bridgehead atoms. The van der Waals surface area contributed by atoms with Gasteiger partial charge in [0.15, 0.2) is 0 Å². The first-order valence-corrected chi connectivity index (χ1v) is 9.46. The zero-order valence-electron chi connectivity index (χ0n) is 16.1. The van der Waals surface area contributed by atoms with Crippen LogP contribution in [0.5, 0.6) is 0 Å². The molecule has 0 aliphatic carbocycles. The lowest BCUT2D eigenvalue weighted by molar-refractivity contribution is -0.384. The number of hydrogen-bond donors (Lipinski definition) is 2. The summed E-state index contributed by atoms with van der Waals surface area (Å²) in [5, 5.41) is 17.6. The highest BCUT2D eigenvalue weighted by molar-refractivity contribution is 5.69. The lowest BCUT2D eigenvalue weighted by Gasteiger charge is -2.28. The minimum absolute atomic E-state index is 0.107. The van der Waals surface area contributed by atoms with E-state index in [1.165, 1.54) is 12.1 Å². The summed E-state index contributed by atoms with van der Waals surface area (Å²) >= 11 is 0. The number of anilines is 4. The van der Waals surface area contributed by atoms with Crippen molar-refractivity contribution >= 4 is 28.7 Å². The van der Waals surface area contributed by atoms with Crippen LogP contribution in [-0.2, 0) is 0 Å². The largest absolute Gasteiger partial charge is 0.370 e. The molecule has 2 N–H and O–H groups in total. The minimum Gasteiger partial charge on any atom is -0.370 e. The second kappa shape index (κ2) is 8.83. The number of aromatic nitrogens is 1. The second-order valence-corrected chi connectivity index (χ2v) is 6.49. The lowest BCUT2D eigenvalue weighted by atomic mass is 10.2. The Balaban J connectivity index is 1.89. The third-order valence-corrected chi connectivity index (χ3v) is 4.81. The lowest BCUT2D eigenvalue weighted by Crippen LogP contribution is -2.43. The summed E-state index contributed by atoms with van der Waals surface area (Å²) in [4.78, 5) is 19.3. The van der Waals surface area contributed by atoms with Gasteiger partial charge in [0.25, 0.3) is 0 Å². The van der Waals surface area contributed by atoms with Crippen molar-refractivity contribution in [3.8, 4) is 0 Å². The molecule has 9 heteroatoms. The van der Waals surface area contributed by atoms with E-state index in [-0.39, 0.29) is 17.3 Å². The van der Waals surface area contributed by atoms with Gasteiger partial charge in [0.1, 0.15) is 11.6 Å². The van der Waals surface area contributed by atoms with E-state index in [4.69, 9.17) is 0 Å². The van der Waals surface area contributed by atoms with E-state index in [2.05, 4.69) is 20.5 Å². The third-order valence-electron chi connectivity index (χ3n) is 4.81. The van der Waals surface area contributed by atoms with Crippen LogP contribution < -0.4 is 20.4 Å². The fraction of sp³-hybridized carbons (Fsp3) is 0.421. The minimum atomic E-state index is -0.489. The molecule has 0 unspecified atom stereocenters. The van der Waals surface area contributed by atoms with Crippen molar-refractivity contribution in [2.24, 2.45) is 0 Å². The van der Waals surface area contributed by atoms with Crippen LogP contribution in [0, 0.1) is 15.9 Å². The maximum atomic E-state index is 14.6. The van der Waals surface area contributed by atoms with Gasteiger partial charge in [-0.3, -0.25) is 10.1 Å². The first-order chi connectivity index (χ1) is 13.5.